The summed E-state index contributed by atoms with van der Waals surface area (Å²) in [6.45, 7) is 2.82. The lowest BCUT2D eigenvalue weighted by atomic mass is 10.1. The van der Waals surface area contributed by atoms with Crippen LogP contribution in [0.5, 0.6) is 0 Å². The quantitative estimate of drug-likeness (QED) is 0.497. The predicted octanol–water partition coefficient (Wildman–Crippen LogP) is 1.89. The summed E-state index contributed by atoms with van der Waals surface area (Å²) in [5.41, 5.74) is 0. The molecule has 0 unspecified atom stereocenters. The van der Waals surface area contributed by atoms with Gasteiger partial charge in [-0.1, -0.05) is 32.6 Å². The number of carboxylic acid groups (broad SMARTS) is 1. The molecule has 0 aromatic heterocycles. The number of aliphatic carboxylic acids is 1. The van der Waals surface area contributed by atoms with Gasteiger partial charge in [0.05, 0.1) is 0 Å². The molecular weight excluding hydrogens is 194 g/mol. The number of carbonyl (C=O) groups excluding carboxylic acids is 1. The molecule has 88 valence electrons. The van der Waals surface area contributed by atoms with Crippen LogP contribution in [0.2, 0.25) is 0 Å². The topological polar surface area (TPSA) is 57.6 Å². The van der Waals surface area contributed by atoms with Crippen molar-refractivity contribution >= 4 is 11.9 Å². The van der Waals surface area contributed by atoms with Crippen LogP contribution >= 0.6 is 0 Å². The molecule has 0 fully saturated rings. The van der Waals surface area contributed by atoms with Gasteiger partial charge in [0, 0.05) is 13.6 Å². The second-order valence-electron chi connectivity index (χ2n) is 3.80. The van der Waals surface area contributed by atoms with Crippen molar-refractivity contribution < 1.29 is 14.7 Å². The van der Waals surface area contributed by atoms with E-state index in [9.17, 15) is 9.59 Å². The van der Waals surface area contributed by atoms with Crippen molar-refractivity contribution in [1.82, 2.24) is 4.90 Å². The Morgan fingerprint density at radius 2 is 1.73 bits per heavy atom. The van der Waals surface area contributed by atoms with Crippen molar-refractivity contribution in [3.05, 3.63) is 0 Å². The molecule has 1 amide bonds. The number of nitrogens with zero attached hydrogens (tertiary/aromatic N) is 1. The first kappa shape index (κ1) is 13.9. The predicted molar refractivity (Wildman–Crippen MR) is 58.6 cm³/mol. The molecule has 0 aromatic rings. The number of carboxylic acids is 1. The van der Waals surface area contributed by atoms with Crippen LogP contribution < -0.4 is 0 Å². The summed E-state index contributed by atoms with van der Waals surface area (Å²) in [5.74, 6) is -1.36. The van der Waals surface area contributed by atoms with E-state index in [-0.39, 0.29) is 5.91 Å². The van der Waals surface area contributed by atoms with Gasteiger partial charge in [-0.25, -0.2) is 0 Å². The third-order valence-corrected chi connectivity index (χ3v) is 2.33. The molecule has 0 saturated carbocycles. The van der Waals surface area contributed by atoms with Gasteiger partial charge in [-0.05, 0) is 6.42 Å². The van der Waals surface area contributed by atoms with Gasteiger partial charge in [-0.15, -0.1) is 0 Å². The highest BCUT2D eigenvalue weighted by Crippen LogP contribution is 2.03. The van der Waals surface area contributed by atoms with E-state index in [1.165, 1.54) is 24.2 Å². The van der Waals surface area contributed by atoms with Gasteiger partial charge in [-0.2, -0.15) is 0 Å². The molecule has 4 heteroatoms. The van der Waals surface area contributed by atoms with Crippen LogP contribution in [0.25, 0.3) is 0 Å². The van der Waals surface area contributed by atoms with Crippen LogP contribution in [0, 0.1) is 0 Å². The molecule has 0 atom stereocenters. The molecule has 0 spiro atoms. The van der Waals surface area contributed by atoms with Gasteiger partial charge in [0.2, 0.25) is 5.91 Å². The first-order valence-electron chi connectivity index (χ1n) is 5.53. The fourth-order valence-electron chi connectivity index (χ4n) is 1.34. The summed E-state index contributed by atoms with van der Waals surface area (Å²) in [6.07, 6.45) is 5.30. The molecule has 15 heavy (non-hydrogen) atoms. The lowest BCUT2D eigenvalue weighted by Crippen LogP contribution is -2.29. The molecule has 0 aliphatic rings. The Balaban J connectivity index is 3.51. The number of amides is 1. The summed E-state index contributed by atoms with van der Waals surface area (Å²) in [5, 5.41) is 8.43. The van der Waals surface area contributed by atoms with E-state index < -0.39 is 12.4 Å². The lowest BCUT2D eigenvalue weighted by Gasteiger charge is -2.15. The second kappa shape index (κ2) is 8.26. The van der Waals surface area contributed by atoms with Crippen LogP contribution in [0.15, 0.2) is 0 Å². The number of unbranched alkanes of at least 4 members (excludes halogenated alkanes) is 4. The number of hydrogen-bond acceptors (Lipinski definition) is 2. The Labute approximate surface area is 91.3 Å². The normalized spacial score (nSPS) is 10.0. The van der Waals surface area contributed by atoms with Crippen molar-refractivity contribution in [2.75, 3.05) is 13.6 Å². The Morgan fingerprint density at radius 1 is 1.13 bits per heavy atom. The average Bonchev–Trinajstić information content (AvgIpc) is 2.16. The smallest absolute Gasteiger partial charge is 0.312 e. The molecule has 0 aromatic carbocycles. The van der Waals surface area contributed by atoms with Gasteiger partial charge in [0.15, 0.2) is 0 Å². The molecule has 0 radical (unpaired) electrons. The van der Waals surface area contributed by atoms with Crippen LogP contribution in [0.3, 0.4) is 0 Å². The first-order chi connectivity index (χ1) is 7.07. The van der Waals surface area contributed by atoms with E-state index in [1.807, 2.05) is 0 Å². The molecule has 0 bridgehead atoms. The van der Waals surface area contributed by atoms with Gasteiger partial charge in [0.1, 0.15) is 6.42 Å². The molecule has 0 aliphatic carbocycles. The van der Waals surface area contributed by atoms with Crippen LogP contribution in [-0.2, 0) is 9.59 Å². The fraction of sp³-hybridized carbons (Fsp3) is 0.818. The monoisotopic (exact) mass is 215 g/mol. The zero-order valence-corrected chi connectivity index (χ0v) is 9.66. The first-order valence-corrected chi connectivity index (χ1v) is 5.53. The van der Waals surface area contributed by atoms with Crippen LogP contribution in [0.4, 0.5) is 0 Å². The highest BCUT2D eigenvalue weighted by Gasteiger charge is 2.11. The van der Waals surface area contributed by atoms with E-state index in [4.69, 9.17) is 5.11 Å². The summed E-state index contributed by atoms with van der Waals surface area (Å²) in [4.78, 5) is 23.0. The van der Waals surface area contributed by atoms with Crippen molar-refractivity contribution in [3.63, 3.8) is 0 Å². The van der Waals surface area contributed by atoms with Gasteiger partial charge in [-0.3, -0.25) is 9.59 Å². The lowest BCUT2D eigenvalue weighted by molar-refractivity contribution is -0.143. The highest BCUT2D eigenvalue weighted by atomic mass is 16.4. The Morgan fingerprint density at radius 3 is 2.27 bits per heavy atom. The third-order valence-electron chi connectivity index (χ3n) is 2.33. The summed E-state index contributed by atoms with van der Waals surface area (Å²) in [6, 6.07) is 0. The van der Waals surface area contributed by atoms with E-state index in [2.05, 4.69) is 6.92 Å². The molecule has 0 heterocycles. The number of carbonyl (C=O) groups is 2. The highest BCUT2D eigenvalue weighted by molar-refractivity contribution is 5.93. The molecule has 4 nitrogen and oxygen atoms in total. The maximum absolute atomic E-state index is 11.2. The average molecular weight is 215 g/mol. The Hall–Kier alpha value is -1.06. The minimum atomic E-state index is -1.06. The molecular formula is C11H21NO3. The Bertz CT molecular complexity index is 204. The second-order valence-corrected chi connectivity index (χ2v) is 3.80. The van der Waals surface area contributed by atoms with E-state index in [0.29, 0.717) is 6.54 Å². The fourth-order valence-corrected chi connectivity index (χ4v) is 1.34. The van der Waals surface area contributed by atoms with E-state index in [0.717, 1.165) is 12.8 Å². The van der Waals surface area contributed by atoms with Crippen LogP contribution in [0.1, 0.15) is 45.4 Å². The summed E-state index contributed by atoms with van der Waals surface area (Å²) >= 11 is 0. The zero-order chi connectivity index (χ0) is 11.7. The van der Waals surface area contributed by atoms with E-state index >= 15 is 0 Å². The van der Waals surface area contributed by atoms with Crippen molar-refractivity contribution in [2.24, 2.45) is 0 Å². The van der Waals surface area contributed by atoms with Crippen molar-refractivity contribution in [2.45, 2.75) is 45.4 Å². The van der Waals surface area contributed by atoms with E-state index in [1.54, 1.807) is 7.05 Å². The largest absolute Gasteiger partial charge is 0.481 e. The number of rotatable bonds is 8. The third kappa shape index (κ3) is 7.97. The van der Waals surface area contributed by atoms with Crippen LogP contribution in [-0.4, -0.2) is 35.5 Å². The van der Waals surface area contributed by atoms with Gasteiger partial charge < -0.3 is 10.0 Å². The van der Waals surface area contributed by atoms with Crippen molar-refractivity contribution in [1.29, 1.82) is 0 Å². The minimum absolute atomic E-state index is 0.307. The summed E-state index contributed by atoms with van der Waals surface area (Å²) in [7, 11) is 1.66. The molecule has 0 rings (SSSR count). The SMILES string of the molecule is CCCCCCCN(C)C(=O)CC(=O)O. The standard InChI is InChI=1S/C11H21NO3/c1-3-4-5-6-7-8-12(2)10(13)9-11(14)15/h3-9H2,1-2H3,(H,14,15). The van der Waals surface area contributed by atoms with Gasteiger partial charge in [0.25, 0.3) is 0 Å². The number of hydrogen-bond donors (Lipinski definition) is 1. The minimum Gasteiger partial charge on any atom is -0.481 e. The molecule has 0 aliphatic heterocycles. The van der Waals surface area contributed by atoms with Gasteiger partial charge >= 0.3 is 5.97 Å². The maximum atomic E-state index is 11.2. The van der Waals surface area contributed by atoms with Crippen molar-refractivity contribution in [3.8, 4) is 0 Å². The molecule has 1 N–H and O–H groups in total. The summed E-state index contributed by atoms with van der Waals surface area (Å²) < 4.78 is 0. The maximum Gasteiger partial charge on any atom is 0.312 e. The molecule has 0 saturated heterocycles. The Kier molecular flexibility index (Phi) is 7.68. The zero-order valence-electron chi connectivity index (χ0n) is 9.66.